The molecule has 2 fully saturated rings. The smallest absolute Gasteiger partial charge is 0.245 e. The highest BCUT2D eigenvalue weighted by Gasteiger charge is 2.55. The van der Waals surface area contributed by atoms with E-state index in [1.807, 2.05) is 33.2 Å². The number of ether oxygens (including phenoxy) is 1. The van der Waals surface area contributed by atoms with Crippen molar-refractivity contribution in [3.8, 4) is 0 Å². The summed E-state index contributed by atoms with van der Waals surface area (Å²) in [6.45, 7) is 4.93. The zero-order valence-electron chi connectivity index (χ0n) is 23.9. The van der Waals surface area contributed by atoms with Crippen LogP contribution in [0, 0.1) is 0 Å². The second-order valence-electron chi connectivity index (χ2n) is 11.0. The van der Waals surface area contributed by atoms with Crippen molar-refractivity contribution in [2.45, 2.75) is 73.9 Å². The molecule has 0 aliphatic carbocycles. The van der Waals surface area contributed by atoms with E-state index in [2.05, 4.69) is 4.90 Å². The highest BCUT2D eigenvalue weighted by atomic mass is 32.2. The first-order chi connectivity index (χ1) is 18.9. The van der Waals surface area contributed by atoms with Crippen molar-refractivity contribution in [1.82, 2.24) is 13.5 Å². The van der Waals surface area contributed by atoms with E-state index in [0.29, 0.717) is 12.0 Å². The number of Topliss-reactive ketones (excluding diaryl/α,β-unsaturated/α-hetero) is 1. The van der Waals surface area contributed by atoms with E-state index in [1.54, 1.807) is 12.1 Å². The summed E-state index contributed by atoms with van der Waals surface area (Å²) in [7, 11) is -3.69. The van der Waals surface area contributed by atoms with Gasteiger partial charge in [0.2, 0.25) is 20.0 Å². The maximum atomic E-state index is 14.1. The molecular formula is C29H41N3O6S2. The lowest BCUT2D eigenvalue weighted by atomic mass is 10.0. The topological polar surface area (TPSA) is 104 Å². The average molecular weight is 592 g/mol. The number of hydrogen-bond donors (Lipinski definition) is 0. The van der Waals surface area contributed by atoms with Crippen LogP contribution in [-0.4, -0.2) is 88.2 Å². The fourth-order valence-corrected chi connectivity index (χ4v) is 8.98. The largest absolute Gasteiger partial charge is 0.358 e. The Morgan fingerprint density at radius 1 is 0.925 bits per heavy atom. The molecule has 2 aliphatic rings. The van der Waals surface area contributed by atoms with Crippen LogP contribution in [0.4, 0.5) is 0 Å². The van der Waals surface area contributed by atoms with Crippen molar-refractivity contribution >= 4 is 25.8 Å². The predicted octanol–water partition coefficient (Wildman–Crippen LogP) is 3.75. The van der Waals surface area contributed by atoms with Gasteiger partial charge >= 0.3 is 0 Å². The van der Waals surface area contributed by atoms with Gasteiger partial charge in [-0.15, -0.1) is 0 Å². The minimum Gasteiger partial charge on any atom is -0.358 e. The van der Waals surface area contributed by atoms with Crippen LogP contribution in [0.3, 0.4) is 0 Å². The molecule has 0 bridgehead atoms. The molecule has 2 saturated heterocycles. The first kappa shape index (κ1) is 30.8. The highest BCUT2D eigenvalue weighted by molar-refractivity contribution is 7.89. The Bertz CT molecular complexity index is 1380. The number of benzene rings is 2. The number of hydrogen-bond acceptors (Lipinski definition) is 7. The van der Waals surface area contributed by atoms with Crippen LogP contribution in [0.2, 0.25) is 0 Å². The Labute approximate surface area is 239 Å². The van der Waals surface area contributed by atoms with E-state index in [9.17, 15) is 21.6 Å². The number of ketones is 1. The van der Waals surface area contributed by atoms with Crippen LogP contribution in [-0.2, 0) is 31.2 Å². The Morgan fingerprint density at radius 3 is 2.05 bits per heavy atom. The van der Waals surface area contributed by atoms with Gasteiger partial charge in [-0.05, 0) is 76.7 Å². The van der Waals surface area contributed by atoms with Gasteiger partial charge in [0.1, 0.15) is 5.72 Å². The van der Waals surface area contributed by atoms with E-state index in [1.165, 1.54) is 39.8 Å². The van der Waals surface area contributed by atoms with Gasteiger partial charge in [0.05, 0.1) is 22.4 Å². The number of carbonyl (C=O) groups excluding carboxylic acids is 1. The molecule has 40 heavy (non-hydrogen) atoms. The average Bonchev–Trinajstić information content (AvgIpc) is 3.29. The third kappa shape index (κ3) is 6.34. The monoisotopic (exact) mass is 591 g/mol. The van der Waals surface area contributed by atoms with Gasteiger partial charge in [0, 0.05) is 31.5 Å². The summed E-state index contributed by atoms with van der Waals surface area (Å²) in [6.07, 6.45) is 3.71. The fraction of sp³-hybridized carbons (Fsp3) is 0.552. The number of sulfonamides is 2. The molecule has 220 valence electrons. The Kier molecular flexibility index (Phi) is 9.53. The third-order valence-electron chi connectivity index (χ3n) is 7.96. The summed E-state index contributed by atoms with van der Waals surface area (Å²) in [6, 6.07) is 12.6. The second-order valence-corrected chi connectivity index (χ2v) is 14.7. The van der Waals surface area contributed by atoms with Crippen molar-refractivity contribution in [2.24, 2.45) is 0 Å². The Balaban J connectivity index is 1.59. The quantitative estimate of drug-likeness (QED) is 0.290. The second kappa shape index (κ2) is 12.4. The number of carbonyl (C=O) groups is 1. The van der Waals surface area contributed by atoms with Crippen LogP contribution in [0.5, 0.6) is 0 Å². The molecular weight excluding hydrogens is 550 g/mol. The van der Waals surface area contributed by atoms with Crippen LogP contribution in [0.1, 0.15) is 61.9 Å². The summed E-state index contributed by atoms with van der Waals surface area (Å²) < 4.78 is 64.3. The first-order valence-electron chi connectivity index (χ1n) is 13.9. The first-order valence-corrected chi connectivity index (χ1v) is 16.8. The molecule has 2 aromatic carbocycles. The van der Waals surface area contributed by atoms with E-state index in [0.717, 1.165) is 31.4 Å². The molecule has 11 heteroatoms. The molecule has 0 radical (unpaired) electrons. The minimum absolute atomic E-state index is 0.103. The summed E-state index contributed by atoms with van der Waals surface area (Å²) in [5.41, 5.74) is 0.379. The van der Waals surface area contributed by atoms with E-state index in [-0.39, 0.29) is 54.2 Å². The summed E-state index contributed by atoms with van der Waals surface area (Å²) in [5.74, 6) is -0.137. The van der Waals surface area contributed by atoms with Gasteiger partial charge in [-0.3, -0.25) is 4.79 Å². The van der Waals surface area contributed by atoms with Gasteiger partial charge in [-0.2, -0.15) is 8.61 Å². The lowest BCUT2D eigenvalue weighted by molar-refractivity contribution is -0.0817. The zero-order valence-corrected chi connectivity index (χ0v) is 25.5. The number of aryl methyl sites for hydroxylation is 1. The van der Waals surface area contributed by atoms with Gasteiger partial charge < -0.3 is 9.64 Å². The molecule has 1 unspecified atom stereocenters. The van der Waals surface area contributed by atoms with Gasteiger partial charge in [0.25, 0.3) is 0 Å². The minimum atomic E-state index is -3.99. The molecule has 9 nitrogen and oxygen atoms in total. The molecule has 2 aliphatic heterocycles. The molecule has 0 amide bonds. The Morgan fingerprint density at radius 2 is 1.50 bits per heavy atom. The number of piperidine rings is 1. The molecule has 1 spiro atoms. The highest BCUT2D eigenvalue weighted by Crippen LogP contribution is 2.43. The van der Waals surface area contributed by atoms with E-state index < -0.39 is 25.8 Å². The molecule has 0 aromatic heterocycles. The predicted molar refractivity (Wildman–Crippen MR) is 154 cm³/mol. The van der Waals surface area contributed by atoms with Gasteiger partial charge in [-0.25, -0.2) is 16.8 Å². The molecule has 2 aromatic rings. The van der Waals surface area contributed by atoms with Crippen molar-refractivity contribution in [3.63, 3.8) is 0 Å². The normalized spacial score (nSPS) is 20.4. The molecule has 0 N–H and O–H groups in total. The number of unbranched alkanes of at least 4 members (excludes halogenated alkanes) is 1. The fourth-order valence-electron chi connectivity index (χ4n) is 5.60. The third-order valence-corrected chi connectivity index (χ3v) is 11.9. The van der Waals surface area contributed by atoms with Gasteiger partial charge in [0.15, 0.2) is 5.78 Å². The SMILES string of the molecule is CCc1ccc(S(=O)(=O)N2CCC3(CC2)OCC(CCCCN(C)C)N3S(=O)(=O)c2ccc(C(C)=O)cc2)cc1. The summed E-state index contributed by atoms with van der Waals surface area (Å²) >= 11 is 0. The standard InChI is InChI=1S/C29H41N3O6S2/c1-5-24-9-13-27(14-10-24)39(34,35)31-20-17-29(18-21-31)32(26(22-38-29)8-6-7-19-30(3)4)40(36,37)28-15-11-25(12-16-28)23(2)33/h9-16,26H,5-8,17-22H2,1-4H3. The van der Waals surface area contributed by atoms with Crippen molar-refractivity contribution in [1.29, 1.82) is 0 Å². The van der Waals surface area contributed by atoms with Gasteiger partial charge in [-0.1, -0.05) is 37.6 Å². The summed E-state index contributed by atoms with van der Waals surface area (Å²) in [4.78, 5) is 14.2. The summed E-state index contributed by atoms with van der Waals surface area (Å²) in [5, 5.41) is 0. The van der Waals surface area contributed by atoms with Crippen LogP contribution in [0.25, 0.3) is 0 Å². The Hall–Kier alpha value is -2.15. The maximum Gasteiger partial charge on any atom is 0.245 e. The van der Waals surface area contributed by atoms with Crippen LogP contribution in [0.15, 0.2) is 58.3 Å². The number of rotatable bonds is 11. The van der Waals surface area contributed by atoms with Crippen LogP contribution < -0.4 is 0 Å². The van der Waals surface area contributed by atoms with Crippen molar-refractivity contribution < 1.29 is 26.4 Å². The maximum absolute atomic E-state index is 14.1. The molecule has 1 atom stereocenters. The lowest BCUT2D eigenvalue weighted by Crippen LogP contribution is -2.57. The van der Waals surface area contributed by atoms with E-state index >= 15 is 0 Å². The van der Waals surface area contributed by atoms with Crippen molar-refractivity contribution in [3.05, 3.63) is 59.7 Å². The van der Waals surface area contributed by atoms with Crippen LogP contribution >= 0.6 is 0 Å². The molecule has 2 heterocycles. The lowest BCUT2D eigenvalue weighted by Gasteiger charge is -2.43. The number of nitrogens with zero attached hydrogens (tertiary/aromatic N) is 3. The van der Waals surface area contributed by atoms with Crippen molar-refractivity contribution in [2.75, 3.05) is 40.3 Å². The van der Waals surface area contributed by atoms with E-state index in [4.69, 9.17) is 4.74 Å². The molecule has 4 rings (SSSR count). The zero-order chi connectivity index (χ0) is 29.1. The molecule has 0 saturated carbocycles.